The topological polar surface area (TPSA) is 67.4 Å². The molecule has 22 heavy (non-hydrogen) atoms. The van der Waals surface area contributed by atoms with Crippen molar-refractivity contribution in [2.45, 2.75) is 39.2 Å². The zero-order valence-corrected chi connectivity index (χ0v) is 13.2. The summed E-state index contributed by atoms with van der Waals surface area (Å²) in [6.45, 7) is 5.21. The molecule has 1 aliphatic carbocycles. The molecule has 0 aromatic heterocycles. The fraction of sp³-hybridized carbons (Fsp3) is 0.529. The Morgan fingerprint density at radius 1 is 1.23 bits per heavy atom. The maximum Gasteiger partial charge on any atom is 0.251 e. The second-order valence-corrected chi connectivity index (χ2v) is 5.87. The van der Waals surface area contributed by atoms with Crippen LogP contribution in [-0.4, -0.2) is 31.1 Å². The van der Waals surface area contributed by atoms with E-state index in [1.807, 2.05) is 13.8 Å². The van der Waals surface area contributed by atoms with Crippen molar-refractivity contribution in [1.29, 1.82) is 0 Å². The van der Waals surface area contributed by atoms with E-state index >= 15 is 0 Å². The van der Waals surface area contributed by atoms with Crippen LogP contribution in [0.5, 0.6) is 0 Å². The number of rotatable bonds is 8. The average molecular weight is 304 g/mol. The van der Waals surface area contributed by atoms with E-state index in [9.17, 15) is 9.59 Å². The van der Waals surface area contributed by atoms with Gasteiger partial charge in [0, 0.05) is 30.3 Å². The summed E-state index contributed by atoms with van der Waals surface area (Å²) in [7, 11) is 0. The van der Waals surface area contributed by atoms with Crippen LogP contribution in [0.2, 0.25) is 0 Å². The maximum absolute atomic E-state index is 12.0. The predicted molar refractivity (Wildman–Crippen MR) is 85.8 cm³/mol. The van der Waals surface area contributed by atoms with Gasteiger partial charge in [0.05, 0.1) is 6.10 Å². The largest absolute Gasteiger partial charge is 0.379 e. The van der Waals surface area contributed by atoms with E-state index in [4.69, 9.17) is 4.74 Å². The van der Waals surface area contributed by atoms with Gasteiger partial charge in [0.25, 0.3) is 5.91 Å². The first-order chi connectivity index (χ1) is 10.6. The van der Waals surface area contributed by atoms with Crippen LogP contribution in [0, 0.1) is 5.92 Å². The Morgan fingerprint density at radius 2 is 1.91 bits per heavy atom. The monoisotopic (exact) mass is 304 g/mol. The number of nitrogens with one attached hydrogen (secondary N) is 2. The molecule has 0 aliphatic heterocycles. The highest BCUT2D eigenvalue weighted by atomic mass is 16.5. The van der Waals surface area contributed by atoms with Crippen molar-refractivity contribution >= 4 is 17.5 Å². The summed E-state index contributed by atoms with van der Waals surface area (Å²) in [6.07, 6.45) is 2.97. The van der Waals surface area contributed by atoms with E-state index in [2.05, 4.69) is 10.6 Å². The number of amides is 2. The molecule has 1 fully saturated rings. The molecule has 120 valence electrons. The van der Waals surface area contributed by atoms with Gasteiger partial charge in [0.15, 0.2) is 0 Å². The molecular weight excluding hydrogens is 280 g/mol. The summed E-state index contributed by atoms with van der Waals surface area (Å²) in [5, 5.41) is 5.71. The first-order valence-electron chi connectivity index (χ1n) is 7.87. The van der Waals surface area contributed by atoms with E-state index in [1.54, 1.807) is 24.3 Å². The van der Waals surface area contributed by atoms with Crippen molar-refractivity contribution in [3.8, 4) is 0 Å². The maximum atomic E-state index is 12.0. The summed E-state index contributed by atoms with van der Waals surface area (Å²) in [5.41, 5.74) is 1.33. The van der Waals surface area contributed by atoms with Crippen molar-refractivity contribution in [2.24, 2.45) is 5.92 Å². The molecule has 1 aliphatic rings. The molecule has 0 radical (unpaired) electrons. The number of anilines is 1. The predicted octanol–water partition coefficient (Wildman–Crippen LogP) is 2.58. The zero-order chi connectivity index (χ0) is 15.9. The number of carbonyl (C=O) groups is 2. The van der Waals surface area contributed by atoms with Crippen LogP contribution in [0.15, 0.2) is 24.3 Å². The Morgan fingerprint density at radius 3 is 2.50 bits per heavy atom. The van der Waals surface area contributed by atoms with Gasteiger partial charge in [0.1, 0.15) is 0 Å². The quantitative estimate of drug-likeness (QED) is 0.725. The van der Waals surface area contributed by atoms with Crippen LogP contribution in [0.3, 0.4) is 0 Å². The van der Waals surface area contributed by atoms with E-state index in [0.717, 1.165) is 24.9 Å². The third kappa shape index (κ3) is 5.48. The summed E-state index contributed by atoms with van der Waals surface area (Å²) in [6, 6.07) is 6.97. The lowest BCUT2D eigenvalue weighted by Crippen LogP contribution is -2.25. The van der Waals surface area contributed by atoms with Crippen molar-refractivity contribution in [3.05, 3.63) is 29.8 Å². The highest BCUT2D eigenvalue weighted by Crippen LogP contribution is 2.30. The average Bonchev–Trinajstić information content (AvgIpc) is 3.31. The molecule has 0 heterocycles. The third-order valence-corrected chi connectivity index (χ3v) is 3.42. The molecule has 2 rings (SSSR count). The van der Waals surface area contributed by atoms with Crippen LogP contribution in [0.1, 0.15) is 43.5 Å². The van der Waals surface area contributed by atoms with E-state index < -0.39 is 0 Å². The minimum absolute atomic E-state index is 0.0716. The number of hydrogen-bond acceptors (Lipinski definition) is 3. The van der Waals surface area contributed by atoms with Crippen LogP contribution >= 0.6 is 0 Å². The molecular formula is C17H24N2O3. The van der Waals surface area contributed by atoms with Crippen molar-refractivity contribution in [3.63, 3.8) is 0 Å². The molecule has 0 spiro atoms. The fourth-order valence-corrected chi connectivity index (χ4v) is 1.99. The second-order valence-electron chi connectivity index (χ2n) is 5.87. The highest BCUT2D eigenvalue weighted by Gasteiger charge is 2.29. The van der Waals surface area contributed by atoms with Crippen LogP contribution in [0.4, 0.5) is 5.69 Å². The zero-order valence-electron chi connectivity index (χ0n) is 13.2. The molecule has 1 aromatic carbocycles. The lowest BCUT2D eigenvalue weighted by Gasteiger charge is -2.09. The minimum Gasteiger partial charge on any atom is -0.379 e. The number of carbonyl (C=O) groups excluding carboxylic acids is 2. The minimum atomic E-state index is -0.107. The summed E-state index contributed by atoms with van der Waals surface area (Å²) >= 11 is 0. The van der Waals surface area contributed by atoms with Gasteiger partial charge in [-0.25, -0.2) is 0 Å². The van der Waals surface area contributed by atoms with Gasteiger partial charge in [-0.1, -0.05) is 0 Å². The van der Waals surface area contributed by atoms with Crippen molar-refractivity contribution < 1.29 is 14.3 Å². The van der Waals surface area contributed by atoms with E-state index in [1.165, 1.54) is 0 Å². The Hall–Kier alpha value is -1.88. The number of hydrogen-bond donors (Lipinski definition) is 2. The first kappa shape index (κ1) is 16.5. The summed E-state index contributed by atoms with van der Waals surface area (Å²) in [5.74, 6) is 0.142. The van der Waals surface area contributed by atoms with Crippen molar-refractivity contribution in [2.75, 3.05) is 18.5 Å². The van der Waals surface area contributed by atoms with Gasteiger partial charge in [-0.15, -0.1) is 0 Å². The van der Waals surface area contributed by atoms with Gasteiger partial charge in [-0.05, 0) is 57.4 Å². The Labute approximate surface area is 131 Å². The van der Waals surface area contributed by atoms with Gasteiger partial charge in [-0.2, -0.15) is 0 Å². The van der Waals surface area contributed by atoms with Gasteiger partial charge < -0.3 is 15.4 Å². The van der Waals surface area contributed by atoms with Crippen molar-refractivity contribution in [1.82, 2.24) is 5.32 Å². The first-order valence-corrected chi connectivity index (χ1v) is 7.87. The Bertz CT molecular complexity index is 507. The Kier molecular flexibility index (Phi) is 5.95. The Balaban J connectivity index is 1.72. The molecule has 0 atom stereocenters. The molecule has 5 nitrogen and oxygen atoms in total. The molecule has 1 saturated carbocycles. The molecule has 1 aromatic rings. The summed E-state index contributed by atoms with van der Waals surface area (Å²) < 4.78 is 5.41. The normalized spacial score (nSPS) is 14.0. The molecule has 2 N–H and O–H groups in total. The van der Waals surface area contributed by atoms with Crippen LogP contribution in [0.25, 0.3) is 0 Å². The van der Waals surface area contributed by atoms with Gasteiger partial charge in [-0.3, -0.25) is 9.59 Å². The fourth-order valence-electron chi connectivity index (χ4n) is 1.99. The number of benzene rings is 1. The molecule has 2 amide bonds. The standard InChI is InChI=1S/C17H24N2O3/c1-12(2)22-11-3-10-18-16(20)13-6-8-15(9-7-13)19-17(21)14-4-5-14/h6-9,12,14H,3-5,10-11H2,1-2H3,(H,18,20)(H,19,21). The lowest BCUT2D eigenvalue weighted by molar-refractivity contribution is -0.117. The van der Waals surface area contributed by atoms with Gasteiger partial charge in [0.2, 0.25) is 5.91 Å². The van der Waals surface area contributed by atoms with E-state index in [-0.39, 0.29) is 23.8 Å². The van der Waals surface area contributed by atoms with E-state index in [0.29, 0.717) is 18.7 Å². The highest BCUT2D eigenvalue weighted by molar-refractivity contribution is 5.96. The summed E-state index contributed by atoms with van der Waals surface area (Å²) in [4.78, 5) is 23.6. The SMILES string of the molecule is CC(C)OCCCNC(=O)c1ccc(NC(=O)C2CC2)cc1. The van der Waals surface area contributed by atoms with Crippen LogP contribution in [-0.2, 0) is 9.53 Å². The molecule has 5 heteroatoms. The molecule has 0 bridgehead atoms. The molecule has 0 saturated heterocycles. The lowest BCUT2D eigenvalue weighted by atomic mass is 10.2. The number of ether oxygens (including phenoxy) is 1. The van der Waals surface area contributed by atoms with Gasteiger partial charge >= 0.3 is 0 Å². The van der Waals surface area contributed by atoms with Crippen LogP contribution < -0.4 is 10.6 Å². The third-order valence-electron chi connectivity index (χ3n) is 3.42. The molecule has 0 unspecified atom stereocenters. The smallest absolute Gasteiger partial charge is 0.251 e. The second kappa shape index (κ2) is 7.94.